The van der Waals surface area contributed by atoms with E-state index in [1.54, 1.807) is 13.8 Å². The molecule has 110 valence electrons. The number of carbonyl (C=O) groups excluding carboxylic acids is 2. The molecule has 0 aliphatic heterocycles. The Hall–Kier alpha value is -1.76. The monoisotopic (exact) mass is 278 g/mol. The van der Waals surface area contributed by atoms with E-state index in [4.69, 9.17) is 9.47 Å². The first-order valence-corrected chi connectivity index (χ1v) is 7.13. The van der Waals surface area contributed by atoms with Gasteiger partial charge in [0.2, 0.25) is 5.41 Å². The Morgan fingerprint density at radius 2 is 1.70 bits per heavy atom. The van der Waals surface area contributed by atoms with Crippen molar-refractivity contribution in [2.45, 2.75) is 46.5 Å². The molecule has 1 aliphatic rings. The second-order valence-corrected chi connectivity index (χ2v) is 4.57. The summed E-state index contributed by atoms with van der Waals surface area (Å²) in [7, 11) is 0. The van der Waals surface area contributed by atoms with E-state index in [-0.39, 0.29) is 19.6 Å². The minimum absolute atomic E-state index is 0.213. The predicted octanol–water partition coefficient (Wildman–Crippen LogP) is 2.62. The van der Waals surface area contributed by atoms with Crippen molar-refractivity contribution in [3.05, 3.63) is 11.6 Å². The van der Waals surface area contributed by atoms with Gasteiger partial charge in [-0.1, -0.05) is 24.5 Å². The highest BCUT2D eigenvalue weighted by atomic mass is 16.6. The van der Waals surface area contributed by atoms with Crippen molar-refractivity contribution in [3.63, 3.8) is 0 Å². The van der Waals surface area contributed by atoms with E-state index in [9.17, 15) is 9.59 Å². The number of hydrogen-bond acceptors (Lipinski definition) is 4. The van der Waals surface area contributed by atoms with Crippen molar-refractivity contribution in [1.82, 2.24) is 0 Å². The number of esters is 2. The molecule has 4 heteroatoms. The van der Waals surface area contributed by atoms with E-state index >= 15 is 0 Å². The molecule has 0 N–H and O–H groups in total. The lowest BCUT2D eigenvalue weighted by Gasteiger charge is -2.22. The van der Waals surface area contributed by atoms with Gasteiger partial charge >= 0.3 is 11.9 Å². The number of hydrogen-bond donors (Lipinski definition) is 0. The lowest BCUT2D eigenvalue weighted by molar-refractivity contribution is -0.167. The highest BCUT2D eigenvalue weighted by Crippen LogP contribution is 2.33. The molecule has 4 nitrogen and oxygen atoms in total. The van der Waals surface area contributed by atoms with Gasteiger partial charge in [-0.3, -0.25) is 0 Å². The van der Waals surface area contributed by atoms with Crippen LogP contribution in [0.25, 0.3) is 0 Å². The molecule has 20 heavy (non-hydrogen) atoms. The number of rotatable bonds is 6. The van der Waals surface area contributed by atoms with Crippen LogP contribution in [0.15, 0.2) is 11.6 Å². The molecular formula is C16H22O4. The third-order valence-corrected chi connectivity index (χ3v) is 2.96. The fourth-order valence-corrected chi connectivity index (χ4v) is 1.72. The van der Waals surface area contributed by atoms with Crippen LogP contribution in [0.1, 0.15) is 46.5 Å². The van der Waals surface area contributed by atoms with Gasteiger partial charge < -0.3 is 9.47 Å². The van der Waals surface area contributed by atoms with E-state index in [2.05, 4.69) is 11.8 Å². The molecule has 0 amide bonds. The van der Waals surface area contributed by atoms with Gasteiger partial charge in [0, 0.05) is 12.8 Å². The predicted molar refractivity (Wildman–Crippen MR) is 75.7 cm³/mol. The summed E-state index contributed by atoms with van der Waals surface area (Å²) in [6, 6.07) is 0. The van der Waals surface area contributed by atoms with Gasteiger partial charge in [-0.05, 0) is 26.7 Å². The minimum Gasteiger partial charge on any atom is -0.464 e. The van der Waals surface area contributed by atoms with Crippen LogP contribution in [0.5, 0.6) is 0 Å². The van der Waals surface area contributed by atoms with Gasteiger partial charge in [0.05, 0.1) is 13.2 Å². The van der Waals surface area contributed by atoms with Crippen molar-refractivity contribution in [3.8, 4) is 11.8 Å². The maximum Gasteiger partial charge on any atom is 0.336 e. The molecular weight excluding hydrogens is 256 g/mol. The largest absolute Gasteiger partial charge is 0.464 e. The molecule has 0 saturated heterocycles. The summed E-state index contributed by atoms with van der Waals surface area (Å²) in [6.07, 6.45) is 4.77. The molecule has 1 fully saturated rings. The van der Waals surface area contributed by atoms with Crippen LogP contribution in [-0.4, -0.2) is 25.2 Å². The zero-order chi connectivity index (χ0) is 15.0. The maximum absolute atomic E-state index is 12.3. The molecule has 1 rings (SSSR count). The van der Waals surface area contributed by atoms with E-state index in [0.29, 0.717) is 6.42 Å². The summed E-state index contributed by atoms with van der Waals surface area (Å²) in [6.45, 7) is 5.71. The molecule has 0 radical (unpaired) electrons. The summed E-state index contributed by atoms with van der Waals surface area (Å²) in [5.41, 5.74) is -0.265. The normalized spacial score (nSPS) is 13.1. The molecule has 1 saturated carbocycles. The standard InChI is InChI=1S/C16H22O4/c1-4-7-11-16(14(17)19-5-2,15(18)20-6-3)12-10-13-8-9-13/h10H,4-6,8-9,12H2,1-3H3. The van der Waals surface area contributed by atoms with E-state index in [1.165, 1.54) is 5.57 Å². The summed E-state index contributed by atoms with van der Waals surface area (Å²) < 4.78 is 10.1. The first kappa shape index (κ1) is 16.3. The van der Waals surface area contributed by atoms with Gasteiger partial charge in [-0.15, -0.1) is 5.92 Å². The van der Waals surface area contributed by atoms with E-state index in [0.717, 1.165) is 12.8 Å². The van der Waals surface area contributed by atoms with Gasteiger partial charge in [0.25, 0.3) is 0 Å². The quantitative estimate of drug-likeness (QED) is 0.324. The Balaban J connectivity index is 3.10. The lowest BCUT2D eigenvalue weighted by atomic mass is 9.84. The zero-order valence-corrected chi connectivity index (χ0v) is 12.5. The topological polar surface area (TPSA) is 52.6 Å². The van der Waals surface area contributed by atoms with Crippen molar-refractivity contribution in [1.29, 1.82) is 0 Å². The van der Waals surface area contributed by atoms with Crippen LogP contribution >= 0.6 is 0 Å². The van der Waals surface area contributed by atoms with Crippen LogP contribution in [-0.2, 0) is 19.1 Å². The number of carbonyl (C=O) groups is 2. The van der Waals surface area contributed by atoms with Crippen LogP contribution in [0.3, 0.4) is 0 Å². The zero-order valence-electron chi connectivity index (χ0n) is 12.5. The summed E-state index contributed by atoms with van der Waals surface area (Å²) >= 11 is 0. The molecule has 0 aromatic carbocycles. The van der Waals surface area contributed by atoms with Crippen LogP contribution in [0.4, 0.5) is 0 Å². The van der Waals surface area contributed by atoms with Crippen molar-refractivity contribution < 1.29 is 19.1 Å². The molecule has 0 spiro atoms. The summed E-state index contributed by atoms with van der Waals surface area (Å²) in [5, 5.41) is 0. The number of ether oxygens (including phenoxy) is 2. The lowest BCUT2D eigenvalue weighted by Crippen LogP contribution is -2.40. The Kier molecular flexibility index (Phi) is 6.30. The van der Waals surface area contributed by atoms with Crippen LogP contribution in [0, 0.1) is 17.3 Å². The average molecular weight is 278 g/mol. The number of allylic oxidation sites excluding steroid dienone is 2. The van der Waals surface area contributed by atoms with E-state index < -0.39 is 17.4 Å². The molecule has 0 heterocycles. The molecule has 0 aromatic rings. The van der Waals surface area contributed by atoms with Gasteiger partial charge in [-0.25, -0.2) is 9.59 Å². The first-order chi connectivity index (χ1) is 9.60. The Morgan fingerprint density at radius 1 is 1.15 bits per heavy atom. The highest BCUT2D eigenvalue weighted by Gasteiger charge is 2.47. The molecule has 1 aliphatic carbocycles. The fourth-order valence-electron chi connectivity index (χ4n) is 1.72. The first-order valence-electron chi connectivity index (χ1n) is 7.13. The fraction of sp³-hybridized carbons (Fsp3) is 0.625. The average Bonchev–Trinajstić information content (AvgIpc) is 3.24. The Labute approximate surface area is 120 Å². The van der Waals surface area contributed by atoms with Gasteiger partial charge in [0.15, 0.2) is 0 Å². The third-order valence-electron chi connectivity index (χ3n) is 2.96. The minimum atomic E-state index is -1.52. The van der Waals surface area contributed by atoms with Crippen molar-refractivity contribution >= 4 is 11.9 Å². The SMILES string of the molecule is CCC#CC(CC=C1CC1)(C(=O)OCC)C(=O)OCC. The van der Waals surface area contributed by atoms with Crippen molar-refractivity contribution in [2.75, 3.05) is 13.2 Å². The molecule has 0 atom stereocenters. The smallest absolute Gasteiger partial charge is 0.336 e. The van der Waals surface area contributed by atoms with Gasteiger partial charge in [-0.2, -0.15) is 0 Å². The second kappa shape index (κ2) is 7.74. The van der Waals surface area contributed by atoms with Crippen LogP contribution in [0.2, 0.25) is 0 Å². The second-order valence-electron chi connectivity index (χ2n) is 4.57. The molecule has 0 unspecified atom stereocenters. The Morgan fingerprint density at radius 3 is 2.10 bits per heavy atom. The van der Waals surface area contributed by atoms with Crippen molar-refractivity contribution in [2.24, 2.45) is 5.41 Å². The summed E-state index contributed by atoms with van der Waals surface area (Å²) in [5.74, 6) is 4.39. The maximum atomic E-state index is 12.3. The van der Waals surface area contributed by atoms with E-state index in [1.807, 2.05) is 13.0 Å². The highest BCUT2D eigenvalue weighted by molar-refractivity contribution is 6.03. The molecule has 0 bridgehead atoms. The molecule has 0 aromatic heterocycles. The van der Waals surface area contributed by atoms with Gasteiger partial charge in [0.1, 0.15) is 0 Å². The summed E-state index contributed by atoms with van der Waals surface area (Å²) in [4.78, 5) is 24.5. The third kappa shape index (κ3) is 4.12. The Bertz CT molecular complexity index is 427. The van der Waals surface area contributed by atoms with Crippen LogP contribution < -0.4 is 0 Å².